The summed E-state index contributed by atoms with van der Waals surface area (Å²) >= 11 is 0. The Morgan fingerprint density at radius 2 is 0.796 bits per heavy atom. The molecule has 4 aromatic rings. The van der Waals surface area contributed by atoms with Crippen molar-refractivity contribution < 1.29 is 56.9 Å². The minimum Gasteiger partial charge on any atom is -0.237 e. The Labute approximate surface area is 314 Å². The minimum absolute atomic E-state index is 0.493. The molecule has 19 heteroatoms. The molecule has 54 heavy (non-hydrogen) atoms. The minimum atomic E-state index is -6.60. The van der Waals surface area contributed by atoms with Crippen LogP contribution in [0.4, 0.5) is 26.3 Å². The van der Waals surface area contributed by atoms with Crippen LogP contribution in [0.2, 0.25) is 0 Å². The SMILES string of the molecule is CCCCn1cc[n+](Cc2c(C)c(C[n+]3ccn(CCCC)c3)c(C)c(C[n+]3ccn(CCCC)c3)c2C)c1.O=S(=O)(NS(=O)(=O)C(F)(F)F)C(F)(F)F. The molecule has 1 N–H and O–H groups in total. The van der Waals surface area contributed by atoms with Gasteiger partial charge in [-0.25, -0.2) is 44.2 Å². The van der Waals surface area contributed by atoms with Crippen LogP contribution in [0.25, 0.3) is 0 Å². The fourth-order valence-electron chi connectivity index (χ4n) is 5.90. The van der Waals surface area contributed by atoms with Crippen LogP contribution in [0.5, 0.6) is 0 Å². The van der Waals surface area contributed by atoms with E-state index in [-0.39, 0.29) is 0 Å². The van der Waals surface area contributed by atoms with E-state index in [9.17, 15) is 43.2 Å². The largest absolute Gasteiger partial charge is 0.512 e. The molecule has 0 spiro atoms. The van der Waals surface area contributed by atoms with Gasteiger partial charge in [0.1, 0.15) is 56.8 Å². The Hall–Kier alpha value is -3.71. The van der Waals surface area contributed by atoms with E-state index >= 15 is 0 Å². The first-order valence-electron chi connectivity index (χ1n) is 17.8. The number of rotatable bonds is 17. The first kappa shape index (κ1) is 44.7. The van der Waals surface area contributed by atoms with Gasteiger partial charge in [0.25, 0.3) is 0 Å². The molecule has 4 rings (SSSR count). The predicted molar refractivity (Wildman–Crippen MR) is 190 cm³/mol. The van der Waals surface area contributed by atoms with Crippen molar-refractivity contribution in [1.82, 2.24) is 17.8 Å². The maximum atomic E-state index is 11.5. The van der Waals surface area contributed by atoms with Crippen LogP contribution in [0, 0.1) is 20.8 Å². The Bertz CT molecular complexity index is 1830. The smallest absolute Gasteiger partial charge is 0.237 e. The van der Waals surface area contributed by atoms with Crippen molar-refractivity contribution in [3.05, 3.63) is 89.5 Å². The Morgan fingerprint density at radius 1 is 0.537 bits per heavy atom. The topological polar surface area (TPSA) is 107 Å². The summed E-state index contributed by atoms with van der Waals surface area (Å²) < 4.78 is 122. The van der Waals surface area contributed by atoms with Crippen LogP contribution in [0.3, 0.4) is 0 Å². The average Bonchev–Trinajstić information content (AvgIpc) is 3.84. The van der Waals surface area contributed by atoms with Crippen LogP contribution in [0.15, 0.2) is 56.2 Å². The van der Waals surface area contributed by atoms with Gasteiger partial charge in [0.2, 0.25) is 19.0 Å². The van der Waals surface area contributed by atoms with Crippen LogP contribution < -0.4 is 17.8 Å². The molecule has 3 aromatic heterocycles. The highest BCUT2D eigenvalue weighted by molar-refractivity contribution is 8.05. The van der Waals surface area contributed by atoms with Crippen molar-refractivity contribution in [2.75, 3.05) is 0 Å². The van der Waals surface area contributed by atoms with Gasteiger partial charge < -0.3 is 0 Å². The number of aryl methyl sites for hydroxylation is 3. The highest BCUT2D eigenvalue weighted by Gasteiger charge is 2.55. The predicted octanol–water partition coefficient (Wildman–Crippen LogP) is 5.70. The van der Waals surface area contributed by atoms with Crippen molar-refractivity contribution in [1.29, 1.82) is 0 Å². The third-order valence-electron chi connectivity index (χ3n) is 9.12. The lowest BCUT2D eigenvalue weighted by Crippen LogP contribution is -2.45. The van der Waals surface area contributed by atoms with Gasteiger partial charge in [-0.1, -0.05) is 44.2 Å². The van der Waals surface area contributed by atoms with E-state index in [4.69, 9.17) is 0 Å². The summed E-state index contributed by atoms with van der Waals surface area (Å²) in [6.45, 7) is 19.8. The number of benzene rings is 1. The summed E-state index contributed by atoms with van der Waals surface area (Å²) in [5, 5.41) is 0. The van der Waals surface area contributed by atoms with Crippen molar-refractivity contribution >= 4 is 20.0 Å². The van der Waals surface area contributed by atoms with Crippen molar-refractivity contribution in [2.45, 2.75) is 130 Å². The molecule has 11 nitrogen and oxygen atoms in total. The van der Waals surface area contributed by atoms with Crippen LogP contribution in [0.1, 0.15) is 92.7 Å². The van der Waals surface area contributed by atoms with Gasteiger partial charge in [0.05, 0.1) is 19.6 Å². The number of nitrogens with one attached hydrogen (secondary N) is 1. The van der Waals surface area contributed by atoms with E-state index in [1.54, 1.807) is 0 Å². The molecule has 0 saturated carbocycles. The van der Waals surface area contributed by atoms with Crippen LogP contribution in [-0.2, 0) is 59.3 Å². The van der Waals surface area contributed by atoms with E-state index in [1.807, 2.05) is 0 Å². The van der Waals surface area contributed by atoms with Gasteiger partial charge in [-0.05, 0) is 56.7 Å². The van der Waals surface area contributed by atoms with Crippen molar-refractivity contribution in [2.24, 2.45) is 0 Å². The molecule has 0 saturated heterocycles. The van der Waals surface area contributed by atoms with Crippen LogP contribution >= 0.6 is 0 Å². The molecule has 3 heterocycles. The van der Waals surface area contributed by atoms with E-state index in [1.165, 1.54) is 71.9 Å². The van der Waals surface area contributed by atoms with Gasteiger partial charge in [-0.2, -0.15) is 26.3 Å². The molecular weight excluding hydrogens is 761 g/mol. The lowest BCUT2D eigenvalue weighted by atomic mass is 9.87. The summed E-state index contributed by atoms with van der Waals surface area (Å²) in [5.74, 6) is 0. The first-order chi connectivity index (χ1) is 25.1. The molecule has 0 radical (unpaired) electrons. The van der Waals surface area contributed by atoms with E-state index in [0.717, 1.165) is 39.3 Å². The summed E-state index contributed by atoms with van der Waals surface area (Å²) in [6, 6.07) is 0. The molecule has 0 aliphatic heterocycles. The van der Waals surface area contributed by atoms with Gasteiger partial charge >= 0.3 is 31.1 Å². The second-order valence-electron chi connectivity index (χ2n) is 13.3. The zero-order valence-corrected chi connectivity index (χ0v) is 33.2. The second kappa shape index (κ2) is 18.8. The molecule has 0 unspecified atom stereocenters. The maximum absolute atomic E-state index is 11.5. The van der Waals surface area contributed by atoms with Gasteiger partial charge in [0, 0.05) is 16.7 Å². The molecule has 0 amide bonds. The van der Waals surface area contributed by atoms with Crippen LogP contribution in [-0.4, -0.2) is 41.6 Å². The number of alkyl halides is 6. The van der Waals surface area contributed by atoms with E-state index < -0.39 is 35.2 Å². The fraction of sp³-hybridized carbons (Fsp3) is 0.571. The summed E-state index contributed by atoms with van der Waals surface area (Å²) in [4.78, 5) is 0. The highest BCUT2D eigenvalue weighted by atomic mass is 32.3. The number of hydrogen-bond acceptors (Lipinski definition) is 4. The molecule has 0 atom stereocenters. The average molecular weight is 813 g/mol. The molecule has 0 fully saturated rings. The zero-order chi connectivity index (χ0) is 40.5. The summed E-state index contributed by atoms with van der Waals surface area (Å²) in [6.07, 6.45) is 27.5. The van der Waals surface area contributed by atoms with Gasteiger partial charge in [-0.3, -0.25) is 0 Å². The molecule has 0 bridgehead atoms. The van der Waals surface area contributed by atoms with Crippen molar-refractivity contribution in [3.8, 4) is 0 Å². The third-order valence-corrected chi connectivity index (χ3v) is 12.1. The molecule has 0 aliphatic rings. The number of imidazole rings is 3. The van der Waals surface area contributed by atoms with Gasteiger partial charge in [-0.15, -0.1) is 0 Å². The fourth-order valence-corrected chi connectivity index (χ4v) is 7.82. The van der Waals surface area contributed by atoms with Crippen molar-refractivity contribution in [3.63, 3.8) is 0 Å². The third kappa shape index (κ3) is 11.9. The van der Waals surface area contributed by atoms with Gasteiger partial charge in [0.15, 0.2) is 0 Å². The lowest BCUT2D eigenvalue weighted by Gasteiger charge is -2.20. The number of hydrogen-bond donors (Lipinski definition) is 1. The first-order valence-corrected chi connectivity index (χ1v) is 20.8. The normalized spacial score (nSPS) is 12.6. The summed E-state index contributed by atoms with van der Waals surface area (Å²) in [7, 11) is -13.2. The van der Waals surface area contributed by atoms with E-state index in [2.05, 4.69) is 125 Å². The lowest BCUT2D eigenvalue weighted by molar-refractivity contribution is -0.690. The number of halogens is 6. The standard InChI is InChI=1S/C33H51N6.C2HF6NO4S2/c1-7-10-13-34-16-19-37(25-34)22-31-28(4)32(23-38-20-17-35(26-38)14-11-8-2)30(6)33(29(31)5)24-39-21-18-36(27-39)15-12-9-3;3-1(4,5)14(10,11)9-15(12,13)2(6,7)8/h16-21,25-27H,7-15,22-24H2,1-6H3;9H/q+3;. The quantitative estimate of drug-likeness (QED) is 0.109. The monoisotopic (exact) mass is 812 g/mol. The molecule has 1 aromatic carbocycles. The Morgan fingerprint density at radius 3 is 1.02 bits per heavy atom. The Kier molecular flexibility index (Phi) is 15.5. The number of unbranched alkanes of at least 4 members (excludes halogenated alkanes) is 3. The molecule has 302 valence electrons. The number of nitrogens with zero attached hydrogens (tertiary/aromatic N) is 6. The second-order valence-corrected chi connectivity index (χ2v) is 16.9. The van der Waals surface area contributed by atoms with E-state index in [0.29, 0.717) is 0 Å². The number of aromatic nitrogens is 6. The zero-order valence-electron chi connectivity index (χ0n) is 31.6. The maximum Gasteiger partial charge on any atom is 0.512 e. The Balaban J connectivity index is 0.000000442. The summed E-state index contributed by atoms with van der Waals surface area (Å²) in [5.41, 5.74) is -3.62. The molecular formula is C35H52F6N7O4S2+3. The molecule has 0 aliphatic carbocycles. The highest BCUT2D eigenvalue weighted by Crippen LogP contribution is 2.29. The number of sulfonamides is 2.